The van der Waals surface area contributed by atoms with E-state index in [2.05, 4.69) is 11.1 Å². The second-order valence-corrected chi connectivity index (χ2v) is 4.66. The van der Waals surface area contributed by atoms with E-state index < -0.39 is 0 Å². The van der Waals surface area contributed by atoms with Crippen molar-refractivity contribution >= 4 is 0 Å². The van der Waals surface area contributed by atoms with Gasteiger partial charge in [-0.1, -0.05) is 0 Å². The van der Waals surface area contributed by atoms with Crippen LogP contribution in [0.3, 0.4) is 0 Å². The van der Waals surface area contributed by atoms with Gasteiger partial charge in [0.1, 0.15) is 17.6 Å². The molecule has 0 bridgehead atoms. The molecule has 2 rings (SSSR count). The molecule has 0 atom stereocenters. The lowest BCUT2D eigenvalue weighted by Gasteiger charge is -2.12. The Bertz CT molecular complexity index is 678. The van der Waals surface area contributed by atoms with Crippen molar-refractivity contribution in [2.24, 2.45) is 7.05 Å². The third kappa shape index (κ3) is 2.08. The first-order valence-corrected chi connectivity index (χ1v) is 6.08. The third-order valence-electron chi connectivity index (χ3n) is 3.42. The van der Waals surface area contributed by atoms with Crippen LogP contribution in [0.25, 0.3) is 11.3 Å². The van der Waals surface area contributed by atoms with E-state index in [1.807, 2.05) is 44.5 Å². The minimum atomic E-state index is 0.465. The summed E-state index contributed by atoms with van der Waals surface area (Å²) in [5, 5.41) is 9.23. The average Bonchev–Trinajstić information content (AvgIpc) is 2.67. The van der Waals surface area contributed by atoms with Crippen molar-refractivity contribution < 1.29 is 4.74 Å². The number of rotatable bonds is 2. The molecule has 2 aromatic rings. The van der Waals surface area contributed by atoms with Gasteiger partial charge in [-0.2, -0.15) is 5.26 Å². The van der Waals surface area contributed by atoms with Crippen molar-refractivity contribution in [2.75, 3.05) is 7.11 Å². The first kappa shape index (κ1) is 13.2. The first-order chi connectivity index (χ1) is 8.99. The fourth-order valence-electron chi connectivity index (χ4n) is 2.26. The van der Waals surface area contributed by atoms with Crippen molar-refractivity contribution in [3.8, 4) is 23.1 Å². The molecule has 0 aliphatic carbocycles. The van der Waals surface area contributed by atoms with Gasteiger partial charge in [0.05, 0.1) is 12.8 Å². The van der Waals surface area contributed by atoms with Crippen LogP contribution >= 0.6 is 0 Å². The number of aryl methyl sites for hydroxylation is 3. The highest BCUT2D eigenvalue weighted by Crippen LogP contribution is 2.32. The smallest absolute Gasteiger partial charge is 0.166 e. The fraction of sp³-hybridized carbons (Fsp3) is 0.333. The molecule has 1 heterocycles. The van der Waals surface area contributed by atoms with Crippen molar-refractivity contribution in [2.45, 2.75) is 20.8 Å². The number of imidazole rings is 1. The summed E-state index contributed by atoms with van der Waals surface area (Å²) < 4.78 is 7.27. The fourth-order valence-corrected chi connectivity index (χ4v) is 2.26. The van der Waals surface area contributed by atoms with Crippen molar-refractivity contribution in [1.29, 1.82) is 5.26 Å². The lowest BCUT2D eigenvalue weighted by atomic mass is 10.0. The molecular weight excluding hydrogens is 238 g/mol. The highest BCUT2D eigenvalue weighted by molar-refractivity contribution is 5.71. The summed E-state index contributed by atoms with van der Waals surface area (Å²) in [4.78, 5) is 4.29. The molecule has 0 aliphatic heterocycles. The normalized spacial score (nSPS) is 10.3. The van der Waals surface area contributed by atoms with Crippen LogP contribution in [0.2, 0.25) is 0 Å². The molecule has 0 aliphatic rings. The molecule has 4 nitrogen and oxygen atoms in total. The maximum atomic E-state index is 9.23. The van der Waals surface area contributed by atoms with Crippen LogP contribution in [0.1, 0.15) is 22.6 Å². The summed E-state index contributed by atoms with van der Waals surface area (Å²) >= 11 is 0. The SMILES string of the molecule is COc1cc(C)c(-c2c(C#N)nc(C)n2C)cc1C. The molecule has 19 heavy (non-hydrogen) atoms. The van der Waals surface area contributed by atoms with Gasteiger partial charge in [0.25, 0.3) is 0 Å². The van der Waals surface area contributed by atoms with Gasteiger partial charge in [0.2, 0.25) is 0 Å². The maximum Gasteiger partial charge on any atom is 0.166 e. The van der Waals surface area contributed by atoms with E-state index >= 15 is 0 Å². The van der Waals surface area contributed by atoms with E-state index in [9.17, 15) is 5.26 Å². The number of hydrogen-bond donors (Lipinski definition) is 0. The predicted octanol–water partition coefficient (Wildman–Crippen LogP) is 2.89. The Balaban J connectivity index is 2.73. The molecular formula is C15H17N3O. The van der Waals surface area contributed by atoms with Gasteiger partial charge in [-0.05, 0) is 44.0 Å². The van der Waals surface area contributed by atoms with Crippen molar-refractivity contribution in [3.05, 3.63) is 34.8 Å². The summed E-state index contributed by atoms with van der Waals surface area (Å²) in [6.07, 6.45) is 0. The highest BCUT2D eigenvalue weighted by Gasteiger charge is 2.17. The zero-order valence-corrected chi connectivity index (χ0v) is 11.9. The van der Waals surface area contributed by atoms with E-state index in [4.69, 9.17) is 4.74 Å². The number of aromatic nitrogens is 2. The van der Waals surface area contributed by atoms with Gasteiger partial charge >= 0.3 is 0 Å². The summed E-state index contributed by atoms with van der Waals surface area (Å²) in [7, 11) is 3.59. The maximum absolute atomic E-state index is 9.23. The minimum absolute atomic E-state index is 0.465. The van der Waals surface area contributed by atoms with E-state index in [1.54, 1.807) is 7.11 Å². The Labute approximate surface area is 113 Å². The van der Waals surface area contributed by atoms with Crippen LogP contribution in [-0.4, -0.2) is 16.7 Å². The zero-order valence-electron chi connectivity index (χ0n) is 11.9. The minimum Gasteiger partial charge on any atom is -0.496 e. The second kappa shape index (κ2) is 4.77. The van der Waals surface area contributed by atoms with Crippen LogP contribution in [-0.2, 0) is 7.05 Å². The molecule has 0 spiro atoms. The number of hydrogen-bond acceptors (Lipinski definition) is 3. The molecule has 1 aromatic heterocycles. The summed E-state index contributed by atoms with van der Waals surface area (Å²) in [6.45, 7) is 5.91. The Morgan fingerprint density at radius 1 is 1.21 bits per heavy atom. The van der Waals surface area contributed by atoms with Crippen molar-refractivity contribution in [3.63, 3.8) is 0 Å². The molecule has 0 saturated heterocycles. The van der Waals surface area contributed by atoms with Crippen LogP contribution in [0.15, 0.2) is 12.1 Å². The highest BCUT2D eigenvalue weighted by atomic mass is 16.5. The molecule has 0 saturated carbocycles. The molecule has 0 radical (unpaired) electrons. The van der Waals surface area contributed by atoms with Gasteiger partial charge in [-0.15, -0.1) is 0 Å². The predicted molar refractivity (Wildman–Crippen MR) is 74.1 cm³/mol. The zero-order chi connectivity index (χ0) is 14.2. The molecule has 98 valence electrons. The molecule has 1 aromatic carbocycles. The molecule has 0 N–H and O–H groups in total. The van der Waals surface area contributed by atoms with Crippen LogP contribution in [0.5, 0.6) is 5.75 Å². The number of nitriles is 1. The Kier molecular flexibility index (Phi) is 3.30. The van der Waals surface area contributed by atoms with Gasteiger partial charge in [-0.25, -0.2) is 4.98 Å². The quantitative estimate of drug-likeness (QED) is 0.829. The van der Waals surface area contributed by atoms with E-state index in [-0.39, 0.29) is 0 Å². The topological polar surface area (TPSA) is 50.8 Å². The number of methoxy groups -OCH3 is 1. The van der Waals surface area contributed by atoms with E-state index in [0.29, 0.717) is 5.69 Å². The van der Waals surface area contributed by atoms with Gasteiger partial charge < -0.3 is 9.30 Å². The number of nitrogens with zero attached hydrogens (tertiary/aromatic N) is 3. The van der Waals surface area contributed by atoms with E-state index in [1.165, 1.54) is 0 Å². The monoisotopic (exact) mass is 255 g/mol. The Hall–Kier alpha value is -2.28. The van der Waals surface area contributed by atoms with Crippen molar-refractivity contribution in [1.82, 2.24) is 9.55 Å². The van der Waals surface area contributed by atoms with E-state index in [0.717, 1.165) is 34.0 Å². The number of ether oxygens (including phenoxy) is 1. The summed E-state index contributed by atoms with van der Waals surface area (Å²) in [6, 6.07) is 6.21. The van der Waals surface area contributed by atoms with Crippen LogP contribution in [0, 0.1) is 32.1 Å². The summed E-state index contributed by atoms with van der Waals surface area (Å²) in [5.41, 5.74) is 4.47. The molecule has 4 heteroatoms. The second-order valence-electron chi connectivity index (χ2n) is 4.66. The standard InChI is InChI=1S/C15H17N3O/c1-9-7-14(19-5)10(2)6-12(9)15-13(8-16)17-11(3)18(15)4/h6-7H,1-5H3. The lowest BCUT2D eigenvalue weighted by Crippen LogP contribution is -1.98. The molecule has 0 fully saturated rings. The van der Waals surface area contributed by atoms with Crippen LogP contribution < -0.4 is 4.74 Å². The molecule has 0 amide bonds. The Morgan fingerprint density at radius 2 is 1.89 bits per heavy atom. The third-order valence-corrected chi connectivity index (χ3v) is 3.42. The van der Waals surface area contributed by atoms with Gasteiger partial charge in [0, 0.05) is 12.6 Å². The average molecular weight is 255 g/mol. The first-order valence-electron chi connectivity index (χ1n) is 6.08. The lowest BCUT2D eigenvalue weighted by molar-refractivity contribution is 0.411. The van der Waals surface area contributed by atoms with Crippen LogP contribution in [0.4, 0.5) is 0 Å². The number of benzene rings is 1. The summed E-state index contributed by atoms with van der Waals surface area (Å²) in [5.74, 6) is 1.69. The Morgan fingerprint density at radius 3 is 2.47 bits per heavy atom. The molecule has 0 unspecified atom stereocenters. The van der Waals surface area contributed by atoms with Gasteiger partial charge in [-0.3, -0.25) is 0 Å². The largest absolute Gasteiger partial charge is 0.496 e. The van der Waals surface area contributed by atoms with Gasteiger partial charge in [0.15, 0.2) is 5.69 Å².